The van der Waals surface area contributed by atoms with E-state index in [4.69, 9.17) is 14.3 Å². The van der Waals surface area contributed by atoms with Crippen molar-refractivity contribution in [2.45, 2.75) is 61.4 Å². The van der Waals surface area contributed by atoms with E-state index in [1.807, 2.05) is 19.9 Å². The molecule has 0 fully saturated rings. The van der Waals surface area contributed by atoms with Gasteiger partial charge in [-0.3, -0.25) is 0 Å². The van der Waals surface area contributed by atoms with Gasteiger partial charge in [0.05, 0.1) is 6.61 Å². The number of carboxylic acids is 1. The Balaban J connectivity index is 0.000000361. The van der Waals surface area contributed by atoms with Crippen molar-refractivity contribution in [3.05, 3.63) is 12.0 Å². The van der Waals surface area contributed by atoms with E-state index >= 15 is 0 Å². The minimum Gasteiger partial charge on any atom is -0.520 e. The van der Waals surface area contributed by atoms with Crippen LogP contribution in [0.4, 0.5) is 0 Å². The normalized spacial score (nSPS) is 15.7. The standard InChI is InChI=1S/C7H16GeO2.C7H14O2Si/c1-7(2,6(9)10)8(3,4)5;1-10(2,3)9-7-5-4-6-8-7/h1-5H3,(H,9,10);5H,4,6H2,1-3H3. The SMILES string of the molecule is C[C](C)(C(=O)O)[Ge]([CH3])([CH3])[CH3].C[Si](C)(C)OC1=CCCO1. The molecule has 1 heterocycles. The summed E-state index contributed by atoms with van der Waals surface area (Å²) in [7, 11) is -1.42. The topological polar surface area (TPSA) is 55.8 Å². The van der Waals surface area contributed by atoms with Crippen molar-refractivity contribution >= 4 is 27.6 Å². The summed E-state index contributed by atoms with van der Waals surface area (Å²) in [6.45, 7) is 10.9. The Hall–Kier alpha value is -0.430. The summed E-state index contributed by atoms with van der Waals surface area (Å²) >= 11 is -2.03. The average molecular weight is 363 g/mol. The van der Waals surface area contributed by atoms with Crippen molar-refractivity contribution in [3.63, 3.8) is 0 Å². The largest absolute Gasteiger partial charge is 0.520 e. The second-order valence-corrected chi connectivity index (χ2v) is 24.0. The zero-order valence-corrected chi connectivity index (χ0v) is 17.3. The minimum absolute atomic E-state index is 0.458. The molecule has 0 unspecified atom stereocenters. The van der Waals surface area contributed by atoms with Crippen molar-refractivity contribution in [2.24, 2.45) is 0 Å². The maximum atomic E-state index is 10.7. The first-order valence-corrected chi connectivity index (χ1v) is 17.8. The smallest absolute Gasteiger partial charge is 0.261 e. The quantitative estimate of drug-likeness (QED) is 0.758. The molecule has 0 aromatic rings. The summed E-state index contributed by atoms with van der Waals surface area (Å²) in [5, 5.41) is 8.82. The van der Waals surface area contributed by atoms with E-state index in [9.17, 15) is 4.79 Å². The van der Waals surface area contributed by atoms with Crippen molar-refractivity contribution in [1.82, 2.24) is 0 Å². The van der Waals surface area contributed by atoms with Crippen LogP contribution < -0.4 is 0 Å². The molecule has 0 radical (unpaired) electrons. The van der Waals surface area contributed by atoms with Gasteiger partial charge in [-0.1, -0.05) is 0 Å². The van der Waals surface area contributed by atoms with Crippen LogP contribution in [0.25, 0.3) is 0 Å². The van der Waals surface area contributed by atoms with E-state index in [0.29, 0.717) is 0 Å². The van der Waals surface area contributed by atoms with Crippen molar-refractivity contribution in [2.75, 3.05) is 6.61 Å². The maximum Gasteiger partial charge on any atom is 0.261 e. The molecule has 0 aromatic heterocycles. The van der Waals surface area contributed by atoms with Gasteiger partial charge in [0, 0.05) is 6.42 Å². The van der Waals surface area contributed by atoms with Gasteiger partial charge in [0.25, 0.3) is 5.95 Å². The molecule has 118 valence electrons. The molecule has 0 aromatic carbocycles. The number of carboxylic acid groups (broad SMARTS) is 1. The molecule has 1 rings (SSSR count). The van der Waals surface area contributed by atoms with Crippen molar-refractivity contribution in [1.29, 1.82) is 0 Å². The number of hydrogen-bond acceptors (Lipinski definition) is 3. The molecular formula is C14H30GeO4Si. The van der Waals surface area contributed by atoms with Gasteiger partial charge in [0.1, 0.15) is 0 Å². The number of carbonyl (C=O) groups is 1. The first-order valence-electron chi connectivity index (χ1n) is 7.03. The van der Waals surface area contributed by atoms with Crippen LogP contribution in [0.1, 0.15) is 20.3 Å². The van der Waals surface area contributed by atoms with E-state index < -0.39 is 31.8 Å². The van der Waals surface area contributed by atoms with Crippen LogP contribution in [-0.2, 0) is 14.0 Å². The number of aliphatic carboxylic acids is 1. The van der Waals surface area contributed by atoms with Crippen LogP contribution in [0, 0.1) is 0 Å². The summed E-state index contributed by atoms with van der Waals surface area (Å²) in [6, 6.07) is 0. The van der Waals surface area contributed by atoms with Gasteiger partial charge < -0.3 is 9.16 Å². The summed E-state index contributed by atoms with van der Waals surface area (Å²) in [6.07, 6.45) is 3.01. The third kappa shape index (κ3) is 6.83. The fourth-order valence-corrected chi connectivity index (χ4v) is 3.18. The number of hydrogen-bond donors (Lipinski definition) is 1. The van der Waals surface area contributed by atoms with Gasteiger partial charge in [0.15, 0.2) is 0 Å². The second-order valence-electron chi connectivity index (χ2n) is 7.55. The Labute approximate surface area is 127 Å². The summed E-state index contributed by atoms with van der Waals surface area (Å²) in [5.74, 6) is 6.45. The number of rotatable bonds is 4. The Morgan fingerprint density at radius 3 is 2.05 bits per heavy atom. The van der Waals surface area contributed by atoms with Crippen molar-refractivity contribution in [3.8, 4) is 0 Å². The first-order chi connectivity index (χ1) is 8.77. The van der Waals surface area contributed by atoms with Gasteiger partial charge in [-0.2, -0.15) is 0 Å². The fraction of sp³-hybridized carbons (Fsp3) is 0.786. The first kappa shape index (κ1) is 19.6. The van der Waals surface area contributed by atoms with Crippen molar-refractivity contribution < 1.29 is 19.1 Å². The molecule has 1 N–H and O–H groups in total. The molecule has 1 aliphatic rings. The van der Waals surface area contributed by atoms with E-state index in [-0.39, 0.29) is 0 Å². The second kappa shape index (κ2) is 7.02. The molecule has 0 spiro atoms. The Kier molecular flexibility index (Phi) is 6.87. The van der Waals surface area contributed by atoms with Crippen LogP contribution in [0.15, 0.2) is 12.0 Å². The minimum atomic E-state index is -2.03. The predicted molar refractivity (Wildman–Crippen MR) is 88.1 cm³/mol. The fourth-order valence-electron chi connectivity index (χ4n) is 1.09. The van der Waals surface area contributed by atoms with E-state index in [1.165, 1.54) is 0 Å². The molecule has 0 amide bonds. The van der Waals surface area contributed by atoms with Gasteiger partial charge >= 0.3 is 64.5 Å². The predicted octanol–water partition coefficient (Wildman–Crippen LogP) is 4.29. The van der Waals surface area contributed by atoms with Gasteiger partial charge in [0.2, 0.25) is 8.32 Å². The molecule has 0 aliphatic carbocycles. The van der Waals surface area contributed by atoms with Crippen LogP contribution in [0.2, 0.25) is 41.2 Å². The molecule has 0 saturated heterocycles. The average Bonchev–Trinajstić information content (AvgIpc) is 2.66. The number of ether oxygens (including phenoxy) is 1. The summed E-state index contributed by atoms with van der Waals surface area (Å²) in [4.78, 5) is 10.7. The Bertz CT molecular complexity index is 364. The van der Waals surface area contributed by atoms with Gasteiger partial charge in [-0.15, -0.1) is 0 Å². The van der Waals surface area contributed by atoms with Gasteiger partial charge in [-0.05, 0) is 25.7 Å². The molecule has 0 bridgehead atoms. The van der Waals surface area contributed by atoms with Crippen LogP contribution in [-0.4, -0.2) is 39.3 Å². The molecule has 0 atom stereocenters. The maximum absolute atomic E-state index is 10.7. The zero-order chi connectivity index (χ0) is 16.2. The zero-order valence-electron chi connectivity index (χ0n) is 14.2. The third-order valence-electron chi connectivity index (χ3n) is 3.49. The van der Waals surface area contributed by atoms with E-state index in [0.717, 1.165) is 19.0 Å². The molecule has 0 saturated carbocycles. The monoisotopic (exact) mass is 364 g/mol. The summed E-state index contributed by atoms with van der Waals surface area (Å²) in [5.41, 5.74) is 0. The molecule has 4 nitrogen and oxygen atoms in total. The molecule has 1 aliphatic heterocycles. The Morgan fingerprint density at radius 2 is 1.85 bits per heavy atom. The molecule has 20 heavy (non-hydrogen) atoms. The summed E-state index contributed by atoms with van der Waals surface area (Å²) < 4.78 is 10.3. The van der Waals surface area contributed by atoms with Crippen LogP contribution >= 0.6 is 0 Å². The van der Waals surface area contributed by atoms with Crippen LogP contribution in [0.5, 0.6) is 0 Å². The molecule has 6 heteroatoms. The third-order valence-corrected chi connectivity index (χ3v) is 12.6. The van der Waals surface area contributed by atoms with Crippen LogP contribution in [0.3, 0.4) is 0 Å². The Morgan fingerprint density at radius 1 is 1.35 bits per heavy atom. The van der Waals surface area contributed by atoms with E-state index in [2.05, 4.69) is 36.9 Å². The molecular weight excluding hydrogens is 333 g/mol. The van der Waals surface area contributed by atoms with Gasteiger partial charge in [-0.25, -0.2) is 0 Å². The van der Waals surface area contributed by atoms with E-state index in [1.54, 1.807) is 0 Å².